The molecule has 0 saturated carbocycles. The highest BCUT2D eigenvalue weighted by atomic mass is 32.2. The van der Waals surface area contributed by atoms with E-state index in [1.807, 2.05) is 42.5 Å². The van der Waals surface area contributed by atoms with Crippen molar-refractivity contribution >= 4 is 32.4 Å². The van der Waals surface area contributed by atoms with Crippen molar-refractivity contribution in [2.24, 2.45) is 4.99 Å². The number of nitrogens with one attached hydrogen (secondary N) is 2. The van der Waals surface area contributed by atoms with Crippen LogP contribution in [0.15, 0.2) is 107 Å². The van der Waals surface area contributed by atoms with Crippen LogP contribution in [0.25, 0.3) is 10.8 Å². The molecule has 9 nitrogen and oxygen atoms in total. The molecule has 1 heterocycles. The molecule has 0 aliphatic carbocycles. The minimum absolute atomic E-state index is 0.0453. The van der Waals surface area contributed by atoms with Crippen LogP contribution in [0.3, 0.4) is 0 Å². The molecule has 0 aromatic heterocycles. The van der Waals surface area contributed by atoms with Crippen LogP contribution in [-0.2, 0) is 25.9 Å². The van der Waals surface area contributed by atoms with E-state index in [9.17, 15) is 13.2 Å². The molecule has 0 bridgehead atoms. The van der Waals surface area contributed by atoms with Gasteiger partial charge in [-0.05, 0) is 59.2 Å². The minimum atomic E-state index is -3.67. The van der Waals surface area contributed by atoms with Gasteiger partial charge in [-0.25, -0.2) is 18.8 Å². The van der Waals surface area contributed by atoms with E-state index in [-0.39, 0.29) is 36.2 Å². The number of carbonyl (C=O) groups is 1. The smallest absolute Gasteiger partial charge is 0.265 e. The van der Waals surface area contributed by atoms with Crippen molar-refractivity contribution in [3.63, 3.8) is 0 Å². The minimum Gasteiger partial charge on any atom is -0.494 e. The van der Waals surface area contributed by atoms with E-state index < -0.39 is 21.3 Å². The summed E-state index contributed by atoms with van der Waals surface area (Å²) in [4.78, 5) is 18.5. The first-order valence-corrected chi connectivity index (χ1v) is 15.4. The van der Waals surface area contributed by atoms with E-state index in [1.165, 1.54) is 12.1 Å². The predicted octanol–water partition coefficient (Wildman–Crippen LogP) is 3.80. The molecule has 4 aromatic rings. The molecule has 0 fully saturated rings. The Kier molecular flexibility index (Phi) is 9.16. The third-order valence-corrected chi connectivity index (χ3v) is 8.84. The summed E-state index contributed by atoms with van der Waals surface area (Å²) < 4.78 is 37.7. The molecule has 4 aromatic carbocycles. The first-order valence-electron chi connectivity index (χ1n) is 13.7. The summed E-state index contributed by atoms with van der Waals surface area (Å²) >= 11 is 0. The standard InChI is InChI=1S/C32H33N3O6S/c36-19-7-20-40-27-16-14-25(15-17-27)30-34-32(23-41-30,18-21-42(38,39)28-11-2-1-3-12-28)31(37)35-33-22-26-10-6-9-24-8-4-5-13-29(24)26/h1-6,8-17,33,36H,7,18-23H2,(H,35,37)/t32-/m0/s1. The summed E-state index contributed by atoms with van der Waals surface area (Å²) in [5.74, 6) is 0.107. The molecule has 1 aliphatic heterocycles. The lowest BCUT2D eigenvalue weighted by Gasteiger charge is -2.23. The number of amides is 1. The van der Waals surface area contributed by atoms with Gasteiger partial charge in [0, 0.05) is 25.1 Å². The van der Waals surface area contributed by atoms with Crippen molar-refractivity contribution in [1.29, 1.82) is 0 Å². The number of hydrogen-bond acceptors (Lipinski definition) is 8. The van der Waals surface area contributed by atoms with Crippen LogP contribution >= 0.6 is 0 Å². The Morgan fingerprint density at radius 2 is 1.69 bits per heavy atom. The summed E-state index contributed by atoms with van der Waals surface area (Å²) in [5, 5.41) is 11.1. The van der Waals surface area contributed by atoms with E-state index in [0.717, 1.165) is 16.3 Å². The van der Waals surface area contributed by atoms with E-state index in [0.29, 0.717) is 30.9 Å². The molecule has 1 amide bonds. The summed E-state index contributed by atoms with van der Waals surface area (Å²) in [6.45, 7) is 0.686. The highest BCUT2D eigenvalue weighted by molar-refractivity contribution is 7.91. The topological polar surface area (TPSA) is 126 Å². The largest absolute Gasteiger partial charge is 0.494 e. The van der Waals surface area contributed by atoms with E-state index >= 15 is 0 Å². The van der Waals surface area contributed by atoms with Gasteiger partial charge in [-0.15, -0.1) is 0 Å². The zero-order valence-corrected chi connectivity index (χ0v) is 23.8. The van der Waals surface area contributed by atoms with Gasteiger partial charge < -0.3 is 14.6 Å². The Balaban J connectivity index is 1.34. The summed E-state index contributed by atoms with van der Waals surface area (Å²) in [6, 6.07) is 29.2. The number of fused-ring (bicyclic) bond motifs is 1. The molecule has 1 atom stereocenters. The number of rotatable bonds is 13. The van der Waals surface area contributed by atoms with Crippen molar-refractivity contribution in [1.82, 2.24) is 10.9 Å². The molecule has 0 unspecified atom stereocenters. The molecule has 10 heteroatoms. The van der Waals surface area contributed by atoms with Crippen molar-refractivity contribution in [3.05, 3.63) is 108 Å². The fraction of sp³-hybridized carbons (Fsp3) is 0.250. The van der Waals surface area contributed by atoms with Crippen molar-refractivity contribution in [3.8, 4) is 5.75 Å². The Labute approximate surface area is 245 Å². The van der Waals surface area contributed by atoms with Crippen LogP contribution in [0.5, 0.6) is 5.75 Å². The first kappa shape index (κ1) is 29.2. The second-order valence-corrected chi connectivity index (χ2v) is 12.1. The second-order valence-electron chi connectivity index (χ2n) is 10.0. The average Bonchev–Trinajstić information content (AvgIpc) is 3.47. The van der Waals surface area contributed by atoms with Gasteiger partial charge in [0.2, 0.25) is 5.90 Å². The molecule has 0 radical (unpaired) electrons. The Hall–Kier alpha value is -4.25. The van der Waals surface area contributed by atoms with Crippen LogP contribution < -0.4 is 15.6 Å². The maximum atomic E-state index is 13.7. The number of aliphatic hydroxyl groups is 1. The number of nitrogens with zero attached hydrogens (tertiary/aromatic N) is 1. The van der Waals surface area contributed by atoms with Crippen molar-refractivity contribution in [2.75, 3.05) is 25.6 Å². The maximum Gasteiger partial charge on any atom is 0.265 e. The number of aliphatic hydroxyl groups excluding tert-OH is 1. The molecule has 218 valence electrons. The number of hydrogen-bond donors (Lipinski definition) is 3. The van der Waals surface area contributed by atoms with Crippen LogP contribution in [0, 0.1) is 0 Å². The lowest BCUT2D eigenvalue weighted by molar-refractivity contribution is -0.127. The number of ether oxygens (including phenoxy) is 2. The molecule has 3 N–H and O–H groups in total. The van der Waals surface area contributed by atoms with Gasteiger partial charge in [0.25, 0.3) is 5.91 Å². The SMILES string of the molecule is O=C(NNCc1cccc2ccccc12)[C@]1(CCS(=O)(=O)c2ccccc2)COC(c2ccc(OCCCO)cc2)=N1. The number of carbonyl (C=O) groups excluding carboxylic acids is 1. The Morgan fingerprint density at radius 1 is 0.952 bits per heavy atom. The molecule has 42 heavy (non-hydrogen) atoms. The van der Waals surface area contributed by atoms with Crippen molar-refractivity contribution < 1.29 is 27.8 Å². The number of benzene rings is 4. The highest BCUT2D eigenvalue weighted by Crippen LogP contribution is 2.28. The van der Waals surface area contributed by atoms with Crippen LogP contribution in [0.2, 0.25) is 0 Å². The van der Waals surface area contributed by atoms with E-state index in [4.69, 9.17) is 14.6 Å². The van der Waals surface area contributed by atoms with Gasteiger partial charge >= 0.3 is 0 Å². The lowest BCUT2D eigenvalue weighted by atomic mass is 9.98. The molecular weight excluding hydrogens is 554 g/mol. The van der Waals surface area contributed by atoms with Crippen LogP contribution in [0.4, 0.5) is 0 Å². The van der Waals surface area contributed by atoms with Crippen LogP contribution in [0.1, 0.15) is 24.0 Å². The summed E-state index contributed by atoms with van der Waals surface area (Å²) in [5.41, 5.74) is 5.93. The van der Waals surface area contributed by atoms with Crippen molar-refractivity contribution in [2.45, 2.75) is 29.8 Å². The number of aliphatic imine (C=N–C) groups is 1. The van der Waals surface area contributed by atoms with E-state index in [2.05, 4.69) is 15.8 Å². The quantitative estimate of drug-likeness (QED) is 0.160. The van der Waals surface area contributed by atoms with Gasteiger partial charge in [-0.1, -0.05) is 60.7 Å². The molecule has 1 aliphatic rings. The second kappa shape index (κ2) is 13.2. The Bertz CT molecular complexity index is 1650. The zero-order chi connectivity index (χ0) is 29.4. The third kappa shape index (κ3) is 6.79. The average molecular weight is 588 g/mol. The van der Waals surface area contributed by atoms with Gasteiger partial charge in [-0.3, -0.25) is 10.2 Å². The normalized spacial score (nSPS) is 16.5. The van der Waals surface area contributed by atoms with Gasteiger partial charge in [0.1, 0.15) is 12.4 Å². The zero-order valence-electron chi connectivity index (χ0n) is 23.0. The van der Waals surface area contributed by atoms with Gasteiger partial charge in [0.05, 0.1) is 17.3 Å². The summed E-state index contributed by atoms with van der Waals surface area (Å²) in [7, 11) is -3.67. The molecule has 0 saturated heterocycles. The van der Waals surface area contributed by atoms with Gasteiger partial charge in [0.15, 0.2) is 15.4 Å². The molecule has 0 spiro atoms. The maximum absolute atomic E-state index is 13.7. The molecule has 5 rings (SSSR count). The summed E-state index contributed by atoms with van der Waals surface area (Å²) in [6.07, 6.45) is 0.452. The fourth-order valence-electron chi connectivity index (χ4n) is 4.73. The predicted molar refractivity (Wildman–Crippen MR) is 161 cm³/mol. The van der Waals surface area contributed by atoms with E-state index in [1.54, 1.807) is 42.5 Å². The third-order valence-electron chi connectivity index (χ3n) is 7.11. The monoisotopic (exact) mass is 587 g/mol. The molecular formula is C32H33N3O6S. The Morgan fingerprint density at radius 3 is 2.48 bits per heavy atom. The highest BCUT2D eigenvalue weighted by Gasteiger charge is 2.45. The fourth-order valence-corrected chi connectivity index (χ4v) is 6.15. The number of sulfone groups is 1. The number of hydrazine groups is 1. The lowest BCUT2D eigenvalue weighted by Crippen LogP contribution is -2.52. The first-order chi connectivity index (χ1) is 20.4. The van der Waals surface area contributed by atoms with Crippen LogP contribution in [-0.4, -0.2) is 56.4 Å². The van der Waals surface area contributed by atoms with Gasteiger partial charge in [-0.2, -0.15) is 0 Å².